The van der Waals surface area contributed by atoms with Gasteiger partial charge in [-0.25, -0.2) is 9.78 Å². The summed E-state index contributed by atoms with van der Waals surface area (Å²) in [4.78, 5) is 40.7. The van der Waals surface area contributed by atoms with Crippen LogP contribution in [0.1, 0.15) is 45.0 Å². The number of rotatable bonds is 10. The Morgan fingerprint density at radius 2 is 2.08 bits per heavy atom. The van der Waals surface area contributed by atoms with Crippen LogP contribution in [0.15, 0.2) is 44.7 Å². The highest BCUT2D eigenvalue weighted by molar-refractivity contribution is 9.10. The van der Waals surface area contributed by atoms with Gasteiger partial charge in [-0.3, -0.25) is 14.9 Å². The molecule has 0 N–H and O–H groups in total. The van der Waals surface area contributed by atoms with Crippen LogP contribution in [0.5, 0.6) is 5.75 Å². The predicted molar refractivity (Wildman–Crippen MR) is 140 cm³/mol. The molecule has 0 aliphatic heterocycles. The molecule has 0 saturated heterocycles. The van der Waals surface area contributed by atoms with Crippen LogP contribution >= 0.6 is 27.5 Å². The van der Waals surface area contributed by atoms with Crippen molar-refractivity contribution in [3.8, 4) is 5.75 Å². The lowest BCUT2D eigenvalue weighted by molar-refractivity contribution is -0.386. The fourth-order valence-corrected chi connectivity index (χ4v) is 3.97. The van der Waals surface area contributed by atoms with E-state index in [1.54, 1.807) is 25.1 Å². The van der Waals surface area contributed by atoms with Crippen molar-refractivity contribution in [3.05, 3.63) is 71.7 Å². The fourth-order valence-electron chi connectivity index (χ4n) is 3.35. The Balaban J connectivity index is 2.05. The van der Waals surface area contributed by atoms with Crippen LogP contribution in [-0.2, 0) is 16.0 Å². The monoisotopic (exact) mass is 578 g/mol. The predicted octanol–water partition coefficient (Wildman–Crippen LogP) is 5.28. The second-order valence-electron chi connectivity index (χ2n) is 7.77. The lowest BCUT2D eigenvalue weighted by Crippen LogP contribution is -2.26. The number of ether oxygens (including phenoxy) is 2. The van der Waals surface area contributed by atoms with Gasteiger partial charge in [0.2, 0.25) is 5.75 Å². The molecular formula is C24H24BrClN4O6. The first kappa shape index (κ1) is 27.3. The number of unbranched alkanes of at least 4 members (excludes halogenated alkanes) is 1. The zero-order chi connectivity index (χ0) is 26.4. The highest BCUT2D eigenvalue weighted by Gasteiger charge is 2.25. The van der Waals surface area contributed by atoms with Gasteiger partial charge in [0.25, 0.3) is 5.56 Å². The maximum absolute atomic E-state index is 13.2. The van der Waals surface area contributed by atoms with Crippen LogP contribution < -0.4 is 10.3 Å². The number of hydrogen-bond acceptors (Lipinski definition) is 8. The number of benzene rings is 2. The van der Waals surface area contributed by atoms with Crippen LogP contribution in [0, 0.1) is 10.1 Å². The van der Waals surface area contributed by atoms with Gasteiger partial charge in [0.05, 0.1) is 33.7 Å². The molecule has 0 fully saturated rings. The lowest BCUT2D eigenvalue weighted by atomic mass is 10.2. The molecule has 0 spiro atoms. The summed E-state index contributed by atoms with van der Waals surface area (Å²) in [6, 6.07) is 7.82. The fraction of sp³-hybridized carbons (Fsp3) is 0.333. The van der Waals surface area contributed by atoms with E-state index in [4.69, 9.17) is 21.1 Å². The number of nitro groups is 1. The molecular weight excluding hydrogens is 556 g/mol. The van der Waals surface area contributed by atoms with Crippen molar-refractivity contribution >= 4 is 56.3 Å². The van der Waals surface area contributed by atoms with Crippen LogP contribution in [0.2, 0.25) is 5.02 Å². The molecule has 3 aromatic rings. The first-order valence-corrected chi connectivity index (χ1v) is 12.4. The normalized spacial score (nSPS) is 12.1. The number of hydrogen-bond donors (Lipinski definition) is 0. The van der Waals surface area contributed by atoms with Crippen molar-refractivity contribution in [3.63, 3.8) is 0 Å². The van der Waals surface area contributed by atoms with Crippen LogP contribution in [0.25, 0.3) is 10.9 Å². The first-order valence-electron chi connectivity index (χ1n) is 11.2. The Hall–Kier alpha value is -3.31. The molecule has 1 aromatic heterocycles. The minimum Gasteiger partial charge on any atom is -0.471 e. The van der Waals surface area contributed by atoms with E-state index in [9.17, 15) is 19.7 Å². The quantitative estimate of drug-likeness (QED) is 0.138. The molecule has 10 nitrogen and oxygen atoms in total. The SMILES string of the molecule is CCCCc1nc2ccc(Br)cc2c(=O)n1N=Cc1cc(Cl)c(O[C@@H](C)C(=O)OCC)c([N+](=O)[O-])c1. The van der Waals surface area contributed by atoms with Crippen LogP contribution in [0.4, 0.5) is 5.69 Å². The summed E-state index contributed by atoms with van der Waals surface area (Å²) < 4.78 is 12.2. The minimum absolute atomic E-state index is 0.0964. The van der Waals surface area contributed by atoms with E-state index in [2.05, 4.69) is 26.0 Å². The topological polar surface area (TPSA) is 126 Å². The molecule has 12 heteroatoms. The molecule has 0 unspecified atom stereocenters. The lowest BCUT2D eigenvalue weighted by Gasteiger charge is -2.15. The molecule has 1 atom stereocenters. The number of carbonyl (C=O) groups excluding carboxylic acids is 1. The molecule has 3 rings (SSSR count). The van der Waals surface area contributed by atoms with Gasteiger partial charge in [0.15, 0.2) is 6.10 Å². The number of nitro benzene ring substituents is 1. The van der Waals surface area contributed by atoms with Crippen molar-refractivity contribution in [2.24, 2.45) is 5.10 Å². The van der Waals surface area contributed by atoms with Crippen molar-refractivity contribution < 1.29 is 19.2 Å². The zero-order valence-corrected chi connectivity index (χ0v) is 22.2. The van der Waals surface area contributed by atoms with Crippen molar-refractivity contribution in [1.29, 1.82) is 0 Å². The average Bonchev–Trinajstić information content (AvgIpc) is 2.83. The van der Waals surface area contributed by atoms with Gasteiger partial charge in [-0.1, -0.05) is 40.9 Å². The Morgan fingerprint density at radius 1 is 1.33 bits per heavy atom. The number of fused-ring (bicyclic) bond motifs is 1. The van der Waals surface area contributed by atoms with E-state index in [1.807, 2.05) is 6.92 Å². The maximum atomic E-state index is 13.2. The molecule has 0 amide bonds. The number of esters is 1. The van der Waals surface area contributed by atoms with Gasteiger partial charge in [-0.2, -0.15) is 9.78 Å². The molecule has 0 radical (unpaired) electrons. The number of halogens is 2. The van der Waals surface area contributed by atoms with Gasteiger partial charge in [0, 0.05) is 22.5 Å². The molecule has 190 valence electrons. The first-order chi connectivity index (χ1) is 17.2. The van der Waals surface area contributed by atoms with E-state index < -0.39 is 22.7 Å². The standard InChI is InChI=1S/C24H24BrClN4O6/c1-4-6-7-21-28-19-9-8-16(25)12-17(19)23(31)29(21)27-13-15-10-18(26)22(20(11-15)30(33)34)36-14(3)24(32)35-5-2/h8-14H,4-7H2,1-3H3/t14-/m0/s1. The number of aryl methyl sites for hydroxylation is 1. The highest BCUT2D eigenvalue weighted by Crippen LogP contribution is 2.36. The average molecular weight is 580 g/mol. The van der Waals surface area contributed by atoms with Gasteiger partial charge >= 0.3 is 11.7 Å². The van der Waals surface area contributed by atoms with Crippen LogP contribution in [-0.4, -0.2) is 39.5 Å². The maximum Gasteiger partial charge on any atom is 0.347 e. The van der Waals surface area contributed by atoms with Gasteiger partial charge in [0.1, 0.15) is 5.82 Å². The van der Waals surface area contributed by atoms with Crippen molar-refractivity contribution in [2.75, 3.05) is 6.61 Å². The van der Waals surface area contributed by atoms with Gasteiger partial charge in [-0.15, -0.1) is 0 Å². The summed E-state index contributed by atoms with van der Waals surface area (Å²) in [5, 5.41) is 16.3. The Kier molecular flexibility index (Phi) is 9.16. The Morgan fingerprint density at radius 3 is 2.75 bits per heavy atom. The van der Waals surface area contributed by atoms with E-state index >= 15 is 0 Å². The second-order valence-corrected chi connectivity index (χ2v) is 9.10. The number of aromatic nitrogens is 2. The largest absolute Gasteiger partial charge is 0.471 e. The summed E-state index contributed by atoms with van der Waals surface area (Å²) in [7, 11) is 0. The summed E-state index contributed by atoms with van der Waals surface area (Å²) in [6.07, 6.45) is 2.40. The number of carbonyl (C=O) groups is 1. The third-order valence-electron chi connectivity index (χ3n) is 5.11. The van der Waals surface area contributed by atoms with Crippen molar-refractivity contribution in [1.82, 2.24) is 9.66 Å². The summed E-state index contributed by atoms with van der Waals surface area (Å²) >= 11 is 9.65. The minimum atomic E-state index is -1.11. The molecule has 1 heterocycles. The Labute approximate surface area is 220 Å². The van der Waals surface area contributed by atoms with E-state index in [1.165, 1.54) is 29.9 Å². The third-order valence-corrected chi connectivity index (χ3v) is 5.88. The molecule has 2 aromatic carbocycles. The molecule has 0 aliphatic carbocycles. The Bertz CT molecular complexity index is 1390. The zero-order valence-electron chi connectivity index (χ0n) is 19.9. The van der Waals surface area contributed by atoms with Gasteiger partial charge < -0.3 is 9.47 Å². The van der Waals surface area contributed by atoms with Crippen LogP contribution in [0.3, 0.4) is 0 Å². The third kappa shape index (κ3) is 6.27. The molecule has 0 saturated carbocycles. The molecule has 36 heavy (non-hydrogen) atoms. The van der Waals surface area contributed by atoms with E-state index in [-0.39, 0.29) is 28.5 Å². The van der Waals surface area contributed by atoms with Gasteiger partial charge in [-0.05, 0) is 44.5 Å². The molecule has 0 aliphatic rings. The van der Waals surface area contributed by atoms with E-state index in [0.717, 1.165) is 17.3 Å². The summed E-state index contributed by atoms with van der Waals surface area (Å²) in [6.45, 7) is 5.20. The smallest absolute Gasteiger partial charge is 0.347 e. The summed E-state index contributed by atoms with van der Waals surface area (Å²) in [5.74, 6) is -0.475. The van der Waals surface area contributed by atoms with Crippen molar-refractivity contribution in [2.45, 2.75) is 46.1 Å². The second kappa shape index (κ2) is 12.1. The highest BCUT2D eigenvalue weighted by atomic mass is 79.9. The summed E-state index contributed by atoms with van der Waals surface area (Å²) in [5.41, 5.74) is -0.0196. The van der Waals surface area contributed by atoms with E-state index in [0.29, 0.717) is 23.1 Å². The number of nitrogens with zero attached hydrogens (tertiary/aromatic N) is 4. The molecule has 0 bridgehead atoms.